The minimum absolute atomic E-state index is 0.00793. The van der Waals surface area contributed by atoms with Crippen LogP contribution in [0.4, 0.5) is 5.69 Å². The number of amides is 1. The van der Waals surface area contributed by atoms with Crippen LogP contribution in [-0.2, 0) is 11.3 Å². The Bertz CT molecular complexity index is 528. The Morgan fingerprint density at radius 2 is 1.90 bits per heavy atom. The molecule has 0 unspecified atom stereocenters. The molecule has 0 radical (unpaired) electrons. The molecule has 0 atom stereocenters. The van der Waals surface area contributed by atoms with Gasteiger partial charge >= 0.3 is 0 Å². The number of non-ortho nitro benzene ring substituents is 1. The number of nitriles is 1. The number of benzene rings is 1. The Morgan fingerprint density at radius 1 is 1.35 bits per heavy atom. The van der Waals surface area contributed by atoms with Crippen LogP contribution in [0.15, 0.2) is 24.3 Å². The van der Waals surface area contributed by atoms with Crippen LogP contribution >= 0.6 is 0 Å². The van der Waals surface area contributed by atoms with Gasteiger partial charge in [-0.15, -0.1) is 0 Å². The average Bonchev–Trinajstić information content (AvgIpc) is 2.48. The molecule has 0 aliphatic carbocycles. The summed E-state index contributed by atoms with van der Waals surface area (Å²) in [7, 11) is 0. The number of nitro groups is 1. The Kier molecular flexibility index (Phi) is 5.21. The highest BCUT2D eigenvalue weighted by Crippen LogP contribution is 2.25. The molecule has 0 bridgehead atoms. The van der Waals surface area contributed by atoms with Crippen molar-refractivity contribution in [1.29, 1.82) is 5.26 Å². The lowest BCUT2D eigenvalue weighted by molar-refractivity contribution is -0.384. The summed E-state index contributed by atoms with van der Waals surface area (Å²) < 4.78 is 0. The number of carbonyl (C=O) groups excluding carboxylic acids is 1. The fourth-order valence-corrected chi connectivity index (χ4v) is 1.87. The highest BCUT2D eigenvalue weighted by molar-refractivity contribution is 5.85. The van der Waals surface area contributed by atoms with E-state index in [0.717, 1.165) is 5.56 Å². The molecule has 0 aromatic heterocycles. The van der Waals surface area contributed by atoms with Gasteiger partial charge in [-0.2, -0.15) is 5.26 Å². The van der Waals surface area contributed by atoms with Crippen molar-refractivity contribution in [3.05, 3.63) is 39.9 Å². The maximum absolute atomic E-state index is 12.1. The second kappa shape index (κ2) is 6.66. The van der Waals surface area contributed by atoms with Crippen LogP contribution in [0.1, 0.15) is 32.3 Å². The van der Waals surface area contributed by atoms with E-state index in [1.807, 2.05) is 0 Å². The van der Waals surface area contributed by atoms with Gasteiger partial charge in [-0.1, -0.05) is 26.0 Å². The van der Waals surface area contributed by atoms with Gasteiger partial charge in [0.05, 0.1) is 11.0 Å². The smallest absolute Gasteiger partial charge is 0.269 e. The van der Waals surface area contributed by atoms with E-state index in [1.54, 1.807) is 26.0 Å². The first-order valence-corrected chi connectivity index (χ1v) is 6.42. The van der Waals surface area contributed by atoms with Crippen molar-refractivity contribution >= 4 is 11.6 Å². The highest BCUT2D eigenvalue weighted by Gasteiger charge is 2.34. The maximum atomic E-state index is 12.1. The molecule has 0 fully saturated rings. The van der Waals surface area contributed by atoms with Crippen LogP contribution < -0.4 is 5.32 Å². The number of hydrogen-bond acceptors (Lipinski definition) is 4. The van der Waals surface area contributed by atoms with Gasteiger partial charge in [0, 0.05) is 18.7 Å². The zero-order chi connectivity index (χ0) is 15.2. The zero-order valence-electron chi connectivity index (χ0n) is 11.5. The van der Waals surface area contributed by atoms with Crippen LogP contribution in [0.2, 0.25) is 0 Å². The van der Waals surface area contributed by atoms with E-state index in [0.29, 0.717) is 12.8 Å². The Balaban J connectivity index is 2.70. The molecule has 0 aliphatic heterocycles. The molecule has 1 rings (SSSR count). The zero-order valence-corrected chi connectivity index (χ0v) is 11.5. The van der Waals surface area contributed by atoms with E-state index in [4.69, 9.17) is 5.26 Å². The van der Waals surface area contributed by atoms with Gasteiger partial charge < -0.3 is 5.32 Å². The number of nitrogens with zero attached hydrogens (tertiary/aromatic N) is 2. The molecule has 106 valence electrons. The van der Waals surface area contributed by atoms with Crippen molar-refractivity contribution in [1.82, 2.24) is 5.32 Å². The monoisotopic (exact) mass is 275 g/mol. The van der Waals surface area contributed by atoms with E-state index in [1.165, 1.54) is 12.1 Å². The van der Waals surface area contributed by atoms with Crippen molar-refractivity contribution in [3.8, 4) is 6.07 Å². The van der Waals surface area contributed by atoms with Crippen molar-refractivity contribution in [2.24, 2.45) is 5.41 Å². The number of rotatable bonds is 6. The van der Waals surface area contributed by atoms with Gasteiger partial charge in [0.15, 0.2) is 0 Å². The molecule has 0 saturated carbocycles. The van der Waals surface area contributed by atoms with Crippen LogP contribution in [0.3, 0.4) is 0 Å². The lowest BCUT2D eigenvalue weighted by atomic mass is 9.83. The van der Waals surface area contributed by atoms with E-state index in [2.05, 4.69) is 11.4 Å². The third-order valence-electron chi connectivity index (χ3n) is 3.46. The summed E-state index contributed by atoms with van der Waals surface area (Å²) in [5.74, 6) is -0.302. The third-order valence-corrected chi connectivity index (χ3v) is 3.46. The second-order valence-corrected chi connectivity index (χ2v) is 4.51. The van der Waals surface area contributed by atoms with Crippen molar-refractivity contribution < 1.29 is 9.72 Å². The molecular formula is C14H17N3O3. The Hall–Kier alpha value is -2.42. The summed E-state index contributed by atoms with van der Waals surface area (Å²) in [6, 6.07) is 8.02. The number of carbonyl (C=O) groups is 1. The molecule has 6 nitrogen and oxygen atoms in total. The predicted octanol–water partition coefficient (Wildman–Crippen LogP) is 2.54. The molecule has 0 aliphatic rings. The highest BCUT2D eigenvalue weighted by atomic mass is 16.6. The lowest BCUT2D eigenvalue weighted by Crippen LogP contribution is -2.38. The van der Waals surface area contributed by atoms with Gasteiger partial charge in [-0.25, -0.2) is 0 Å². The Morgan fingerprint density at radius 3 is 2.30 bits per heavy atom. The first-order chi connectivity index (χ1) is 9.49. The van der Waals surface area contributed by atoms with Crippen molar-refractivity contribution in [2.75, 3.05) is 0 Å². The topological polar surface area (TPSA) is 96.0 Å². The van der Waals surface area contributed by atoms with E-state index in [9.17, 15) is 14.9 Å². The lowest BCUT2D eigenvalue weighted by Gasteiger charge is -2.22. The van der Waals surface area contributed by atoms with Gasteiger partial charge in [-0.3, -0.25) is 14.9 Å². The minimum atomic E-state index is -0.999. The van der Waals surface area contributed by atoms with Gasteiger partial charge in [0.25, 0.3) is 5.69 Å². The molecule has 0 saturated heterocycles. The quantitative estimate of drug-likeness (QED) is 0.637. The second-order valence-electron chi connectivity index (χ2n) is 4.51. The maximum Gasteiger partial charge on any atom is 0.269 e. The van der Waals surface area contributed by atoms with E-state index >= 15 is 0 Å². The SMILES string of the molecule is CCC(C#N)(CC)C(=O)NCc1ccc([N+](=O)[O-])cc1. The summed E-state index contributed by atoms with van der Waals surface area (Å²) in [5.41, 5.74) is -0.239. The van der Waals surface area contributed by atoms with Gasteiger partial charge in [0.1, 0.15) is 5.41 Å². The van der Waals surface area contributed by atoms with E-state index in [-0.39, 0.29) is 18.1 Å². The summed E-state index contributed by atoms with van der Waals surface area (Å²) in [5, 5.41) is 22.4. The van der Waals surface area contributed by atoms with E-state index < -0.39 is 10.3 Å². The first-order valence-electron chi connectivity index (χ1n) is 6.42. The largest absolute Gasteiger partial charge is 0.351 e. The summed E-state index contributed by atoms with van der Waals surface area (Å²) >= 11 is 0. The Labute approximate surface area is 117 Å². The molecular weight excluding hydrogens is 258 g/mol. The minimum Gasteiger partial charge on any atom is -0.351 e. The third kappa shape index (κ3) is 3.32. The number of hydrogen-bond donors (Lipinski definition) is 1. The molecule has 1 amide bonds. The molecule has 0 heterocycles. The molecule has 0 spiro atoms. The van der Waals surface area contributed by atoms with Crippen LogP contribution in [-0.4, -0.2) is 10.8 Å². The normalized spacial score (nSPS) is 10.7. The fraction of sp³-hybridized carbons (Fsp3) is 0.429. The van der Waals surface area contributed by atoms with Crippen LogP contribution in [0.5, 0.6) is 0 Å². The van der Waals surface area contributed by atoms with Crippen molar-refractivity contribution in [3.63, 3.8) is 0 Å². The molecule has 6 heteroatoms. The molecule has 20 heavy (non-hydrogen) atoms. The van der Waals surface area contributed by atoms with Crippen LogP contribution in [0.25, 0.3) is 0 Å². The van der Waals surface area contributed by atoms with Crippen LogP contribution in [0, 0.1) is 26.9 Å². The fourth-order valence-electron chi connectivity index (χ4n) is 1.87. The average molecular weight is 275 g/mol. The summed E-state index contributed by atoms with van der Waals surface area (Å²) in [6.45, 7) is 3.86. The van der Waals surface area contributed by atoms with Crippen molar-refractivity contribution in [2.45, 2.75) is 33.2 Å². The number of nitro benzene ring substituents is 1. The predicted molar refractivity (Wildman–Crippen MR) is 73.6 cm³/mol. The summed E-state index contributed by atoms with van der Waals surface area (Å²) in [6.07, 6.45) is 0.901. The standard InChI is InChI=1S/C14H17N3O3/c1-3-14(4-2,10-15)13(18)16-9-11-5-7-12(8-6-11)17(19)20/h5-8H,3-4,9H2,1-2H3,(H,16,18). The molecule has 1 N–H and O–H groups in total. The van der Waals surface area contributed by atoms with Gasteiger partial charge in [0.2, 0.25) is 5.91 Å². The first kappa shape index (κ1) is 15.6. The molecule has 1 aromatic rings. The molecule has 1 aromatic carbocycles. The number of nitrogens with one attached hydrogen (secondary N) is 1. The van der Waals surface area contributed by atoms with Gasteiger partial charge in [-0.05, 0) is 18.4 Å². The summed E-state index contributed by atoms with van der Waals surface area (Å²) in [4.78, 5) is 22.1.